The van der Waals surface area contributed by atoms with Crippen molar-refractivity contribution in [2.75, 3.05) is 18.8 Å². The number of benzene rings is 1. The predicted molar refractivity (Wildman–Crippen MR) is 70.9 cm³/mol. The first kappa shape index (κ1) is 14.7. The van der Waals surface area contributed by atoms with Crippen molar-refractivity contribution in [2.45, 2.75) is 13.3 Å². The van der Waals surface area contributed by atoms with E-state index in [1.54, 1.807) is 24.3 Å². The molecule has 1 aromatic carbocycles. The van der Waals surface area contributed by atoms with Gasteiger partial charge in [-0.15, -0.1) is 0 Å². The molecule has 100 valence electrons. The Morgan fingerprint density at radius 2 is 1.83 bits per heavy atom. The van der Waals surface area contributed by atoms with Crippen LogP contribution in [0.3, 0.4) is 0 Å². The van der Waals surface area contributed by atoms with Crippen molar-refractivity contribution in [3.8, 4) is 0 Å². The van der Waals surface area contributed by atoms with Gasteiger partial charge in [0.05, 0.1) is 5.75 Å². The van der Waals surface area contributed by atoms with Gasteiger partial charge in [0.15, 0.2) is 0 Å². The number of hydrogen-bond acceptors (Lipinski definition) is 3. The Hall–Kier alpha value is -1.40. The van der Waals surface area contributed by atoms with E-state index in [0.717, 1.165) is 6.42 Å². The predicted octanol–water partition coefficient (Wildman–Crippen LogP) is 0.746. The van der Waals surface area contributed by atoms with Gasteiger partial charge in [-0.25, -0.2) is 13.1 Å². The second-order valence-electron chi connectivity index (χ2n) is 3.84. The normalized spacial score (nSPS) is 11.2. The van der Waals surface area contributed by atoms with E-state index in [-0.39, 0.29) is 18.2 Å². The van der Waals surface area contributed by atoms with Crippen LogP contribution in [-0.2, 0) is 10.0 Å². The molecule has 0 fully saturated rings. The summed E-state index contributed by atoms with van der Waals surface area (Å²) in [5, 5.41) is 2.57. The quantitative estimate of drug-likeness (QED) is 0.767. The number of amides is 1. The fourth-order valence-electron chi connectivity index (χ4n) is 1.32. The third-order valence-electron chi connectivity index (χ3n) is 2.26. The number of hydrogen-bond donors (Lipinski definition) is 2. The standard InChI is InChI=1S/C12H18N2O3S/c1-2-8-14-18(16,17)10-9-13-12(15)11-6-4-3-5-7-11/h3-7,14H,2,8-10H2,1H3,(H,13,15). The average Bonchev–Trinajstić information content (AvgIpc) is 2.37. The first-order chi connectivity index (χ1) is 8.55. The molecule has 0 atom stereocenters. The van der Waals surface area contributed by atoms with Crippen LogP contribution in [0.1, 0.15) is 23.7 Å². The maximum absolute atomic E-state index is 11.6. The minimum absolute atomic E-state index is 0.104. The molecule has 18 heavy (non-hydrogen) atoms. The van der Waals surface area contributed by atoms with Gasteiger partial charge < -0.3 is 5.32 Å². The summed E-state index contributed by atoms with van der Waals surface area (Å²) in [5.74, 6) is -0.368. The van der Waals surface area contributed by atoms with Gasteiger partial charge >= 0.3 is 0 Å². The molecule has 6 heteroatoms. The van der Waals surface area contributed by atoms with Crippen LogP contribution in [0.25, 0.3) is 0 Å². The molecule has 0 heterocycles. The Kier molecular flexibility index (Phi) is 5.80. The second kappa shape index (κ2) is 7.13. The molecule has 0 radical (unpaired) electrons. The van der Waals surface area contributed by atoms with Crippen LogP contribution in [0.2, 0.25) is 0 Å². The van der Waals surface area contributed by atoms with E-state index in [1.165, 1.54) is 0 Å². The molecule has 0 aliphatic heterocycles. The van der Waals surface area contributed by atoms with Gasteiger partial charge in [-0.05, 0) is 18.6 Å². The fraction of sp³-hybridized carbons (Fsp3) is 0.417. The highest BCUT2D eigenvalue weighted by atomic mass is 32.2. The molecule has 0 aliphatic rings. The van der Waals surface area contributed by atoms with E-state index in [4.69, 9.17) is 0 Å². The van der Waals surface area contributed by atoms with Crippen molar-refractivity contribution in [3.63, 3.8) is 0 Å². The van der Waals surface area contributed by atoms with Gasteiger partial charge in [0.2, 0.25) is 10.0 Å². The van der Waals surface area contributed by atoms with E-state index < -0.39 is 10.0 Å². The molecular weight excluding hydrogens is 252 g/mol. The summed E-state index contributed by atoms with van der Waals surface area (Å²) in [4.78, 5) is 11.6. The molecule has 0 spiro atoms. The highest BCUT2D eigenvalue weighted by molar-refractivity contribution is 7.89. The highest BCUT2D eigenvalue weighted by Gasteiger charge is 2.10. The van der Waals surface area contributed by atoms with E-state index in [9.17, 15) is 13.2 Å². The molecule has 1 rings (SSSR count). The average molecular weight is 270 g/mol. The zero-order chi connectivity index (χ0) is 13.4. The number of carbonyl (C=O) groups is 1. The van der Waals surface area contributed by atoms with Crippen molar-refractivity contribution >= 4 is 15.9 Å². The molecule has 0 unspecified atom stereocenters. The maximum atomic E-state index is 11.6. The van der Waals surface area contributed by atoms with Crippen molar-refractivity contribution in [1.82, 2.24) is 10.0 Å². The van der Waals surface area contributed by atoms with Crippen LogP contribution < -0.4 is 10.0 Å². The SMILES string of the molecule is CCCNS(=O)(=O)CCNC(=O)c1ccccc1. The minimum atomic E-state index is -3.29. The number of nitrogens with one attached hydrogen (secondary N) is 2. The zero-order valence-electron chi connectivity index (χ0n) is 10.3. The molecule has 1 aromatic rings. The zero-order valence-corrected chi connectivity index (χ0v) is 11.2. The molecule has 0 bridgehead atoms. The monoisotopic (exact) mass is 270 g/mol. The Balaban J connectivity index is 2.36. The van der Waals surface area contributed by atoms with Crippen LogP contribution in [0.15, 0.2) is 30.3 Å². The topological polar surface area (TPSA) is 75.3 Å². The summed E-state index contributed by atoms with van der Waals surface area (Å²) in [6, 6.07) is 8.69. The summed E-state index contributed by atoms with van der Waals surface area (Å²) in [6.45, 7) is 2.42. The van der Waals surface area contributed by atoms with E-state index >= 15 is 0 Å². The Bertz CT molecular complexity index is 471. The van der Waals surface area contributed by atoms with Crippen LogP contribution in [0, 0.1) is 0 Å². The van der Waals surface area contributed by atoms with Crippen LogP contribution >= 0.6 is 0 Å². The van der Waals surface area contributed by atoms with Crippen LogP contribution in [0.5, 0.6) is 0 Å². The van der Waals surface area contributed by atoms with E-state index in [0.29, 0.717) is 12.1 Å². The summed E-state index contributed by atoms with van der Waals surface area (Å²) in [5.41, 5.74) is 0.524. The molecule has 0 aromatic heterocycles. The molecule has 0 saturated carbocycles. The molecular formula is C12H18N2O3S. The third kappa shape index (κ3) is 5.29. The summed E-state index contributed by atoms with van der Waals surface area (Å²) in [7, 11) is -3.29. The van der Waals surface area contributed by atoms with E-state index in [1.807, 2.05) is 13.0 Å². The van der Waals surface area contributed by atoms with Crippen molar-refractivity contribution in [2.24, 2.45) is 0 Å². The van der Waals surface area contributed by atoms with Crippen molar-refractivity contribution in [1.29, 1.82) is 0 Å². The van der Waals surface area contributed by atoms with Crippen LogP contribution in [-0.4, -0.2) is 33.2 Å². The van der Waals surface area contributed by atoms with Gasteiger partial charge in [0.1, 0.15) is 0 Å². The van der Waals surface area contributed by atoms with Gasteiger partial charge in [0.25, 0.3) is 5.91 Å². The lowest BCUT2D eigenvalue weighted by Gasteiger charge is -2.07. The van der Waals surface area contributed by atoms with Crippen molar-refractivity contribution in [3.05, 3.63) is 35.9 Å². The number of sulfonamides is 1. The Morgan fingerprint density at radius 3 is 2.44 bits per heavy atom. The number of carbonyl (C=O) groups excluding carboxylic acids is 1. The lowest BCUT2D eigenvalue weighted by molar-refractivity contribution is 0.0956. The van der Waals surface area contributed by atoms with Gasteiger partial charge in [-0.1, -0.05) is 25.1 Å². The molecule has 5 nitrogen and oxygen atoms in total. The summed E-state index contributed by atoms with van der Waals surface area (Å²) < 4.78 is 25.3. The first-order valence-corrected chi connectivity index (χ1v) is 7.51. The lowest BCUT2D eigenvalue weighted by Crippen LogP contribution is -2.34. The van der Waals surface area contributed by atoms with Crippen LogP contribution in [0.4, 0.5) is 0 Å². The Morgan fingerprint density at radius 1 is 1.17 bits per heavy atom. The van der Waals surface area contributed by atoms with Crippen molar-refractivity contribution < 1.29 is 13.2 Å². The molecule has 1 amide bonds. The lowest BCUT2D eigenvalue weighted by atomic mass is 10.2. The highest BCUT2D eigenvalue weighted by Crippen LogP contribution is 1.97. The van der Waals surface area contributed by atoms with Gasteiger partial charge in [0, 0.05) is 18.7 Å². The number of rotatable bonds is 7. The summed E-state index contributed by atoms with van der Waals surface area (Å²) in [6.07, 6.45) is 0.746. The first-order valence-electron chi connectivity index (χ1n) is 5.86. The van der Waals surface area contributed by atoms with Gasteiger partial charge in [-0.3, -0.25) is 4.79 Å². The molecule has 2 N–H and O–H groups in total. The fourth-order valence-corrected chi connectivity index (χ4v) is 2.35. The third-order valence-corrected chi connectivity index (χ3v) is 3.65. The molecule has 0 aliphatic carbocycles. The smallest absolute Gasteiger partial charge is 0.251 e. The Labute approximate surface area is 108 Å². The maximum Gasteiger partial charge on any atom is 0.251 e. The molecule has 0 saturated heterocycles. The largest absolute Gasteiger partial charge is 0.351 e. The minimum Gasteiger partial charge on any atom is -0.351 e. The second-order valence-corrected chi connectivity index (χ2v) is 5.76. The van der Waals surface area contributed by atoms with E-state index in [2.05, 4.69) is 10.0 Å². The van der Waals surface area contributed by atoms with Gasteiger partial charge in [-0.2, -0.15) is 0 Å². The summed E-state index contributed by atoms with van der Waals surface area (Å²) >= 11 is 0.